The van der Waals surface area contributed by atoms with Crippen molar-refractivity contribution < 1.29 is 23.8 Å². The predicted molar refractivity (Wildman–Crippen MR) is 78.5 cm³/mol. The molecule has 1 saturated heterocycles. The van der Waals surface area contributed by atoms with E-state index in [1.165, 1.54) is 19.1 Å². The molecule has 1 fully saturated rings. The van der Waals surface area contributed by atoms with E-state index in [2.05, 4.69) is 19.7 Å². The van der Waals surface area contributed by atoms with E-state index in [9.17, 15) is 9.59 Å². The van der Waals surface area contributed by atoms with E-state index in [0.717, 1.165) is 6.42 Å². The van der Waals surface area contributed by atoms with Gasteiger partial charge in [0.2, 0.25) is 0 Å². The number of unbranched alkanes of at least 4 members (excludes halogenated alkanes) is 1. The molecule has 1 heterocycles. The second-order valence-corrected chi connectivity index (χ2v) is 4.75. The van der Waals surface area contributed by atoms with Gasteiger partial charge in [-0.1, -0.05) is 18.2 Å². The second kappa shape index (κ2) is 8.42. The van der Waals surface area contributed by atoms with E-state index in [0.29, 0.717) is 6.42 Å². The van der Waals surface area contributed by atoms with Crippen molar-refractivity contribution in [2.45, 2.75) is 50.6 Å². The van der Waals surface area contributed by atoms with Gasteiger partial charge in [0.05, 0.1) is 0 Å². The number of hydrogen-bond donors (Lipinski definition) is 0. The summed E-state index contributed by atoms with van der Waals surface area (Å²) in [7, 11) is 0. The molecule has 0 N–H and O–H groups in total. The van der Waals surface area contributed by atoms with Crippen molar-refractivity contribution in [3.63, 3.8) is 0 Å². The lowest BCUT2D eigenvalue weighted by atomic mass is 10.1. The van der Waals surface area contributed by atoms with Gasteiger partial charge in [0.25, 0.3) is 0 Å². The molecule has 0 spiro atoms. The van der Waals surface area contributed by atoms with Gasteiger partial charge in [0.1, 0.15) is 12.2 Å². The Morgan fingerprint density at radius 1 is 1.10 bits per heavy atom. The number of carbonyl (C=O) groups excluding carboxylic acids is 2. The Kier molecular flexibility index (Phi) is 6.88. The monoisotopic (exact) mass is 294 g/mol. The highest BCUT2D eigenvalue weighted by atomic mass is 16.6. The third kappa shape index (κ3) is 4.86. The highest BCUT2D eigenvalue weighted by Crippen LogP contribution is 2.28. The number of ether oxygens (including phenoxy) is 3. The van der Waals surface area contributed by atoms with Gasteiger partial charge in [-0.15, -0.1) is 19.7 Å². The van der Waals surface area contributed by atoms with Gasteiger partial charge in [-0.05, 0) is 12.8 Å². The number of esters is 2. The van der Waals surface area contributed by atoms with Gasteiger partial charge in [0, 0.05) is 13.3 Å². The minimum Gasteiger partial charge on any atom is -0.455 e. The fourth-order valence-electron chi connectivity index (χ4n) is 2.15. The van der Waals surface area contributed by atoms with Crippen molar-refractivity contribution in [1.29, 1.82) is 0 Å². The first-order chi connectivity index (χ1) is 10.0. The van der Waals surface area contributed by atoms with Crippen LogP contribution < -0.4 is 0 Å². The highest BCUT2D eigenvalue weighted by Gasteiger charge is 2.46. The van der Waals surface area contributed by atoms with E-state index in [1.54, 1.807) is 6.08 Å². The molecule has 0 saturated carbocycles. The summed E-state index contributed by atoms with van der Waals surface area (Å²) in [6, 6.07) is 0. The lowest BCUT2D eigenvalue weighted by Gasteiger charge is -2.22. The molecule has 0 aromatic rings. The maximum atomic E-state index is 11.8. The fraction of sp³-hybridized carbons (Fsp3) is 0.500. The number of hydrogen-bond acceptors (Lipinski definition) is 5. The zero-order valence-electron chi connectivity index (χ0n) is 12.3. The van der Waals surface area contributed by atoms with E-state index in [1.807, 2.05) is 0 Å². The SMILES string of the molecule is C=CCCCC(=O)O[C@@H]1[C@H](OC(C)=O)[C@H](C=C)O[C@@H]1C=C. The largest absolute Gasteiger partial charge is 0.455 e. The van der Waals surface area contributed by atoms with Crippen LogP contribution in [0.1, 0.15) is 26.2 Å². The summed E-state index contributed by atoms with van der Waals surface area (Å²) in [5, 5.41) is 0. The topological polar surface area (TPSA) is 61.8 Å². The van der Waals surface area contributed by atoms with Crippen molar-refractivity contribution in [1.82, 2.24) is 0 Å². The lowest BCUT2D eigenvalue weighted by molar-refractivity contribution is -0.164. The van der Waals surface area contributed by atoms with Crippen molar-refractivity contribution in [2.75, 3.05) is 0 Å². The molecule has 0 unspecified atom stereocenters. The van der Waals surface area contributed by atoms with Crippen LogP contribution in [0.25, 0.3) is 0 Å². The molecule has 0 aromatic heterocycles. The molecule has 21 heavy (non-hydrogen) atoms. The van der Waals surface area contributed by atoms with Crippen molar-refractivity contribution >= 4 is 11.9 Å². The Morgan fingerprint density at radius 3 is 2.14 bits per heavy atom. The average Bonchev–Trinajstić information content (AvgIpc) is 2.76. The Morgan fingerprint density at radius 2 is 1.67 bits per heavy atom. The third-order valence-electron chi connectivity index (χ3n) is 3.11. The zero-order valence-corrected chi connectivity index (χ0v) is 12.3. The Bertz CT molecular complexity index is 415. The van der Waals surface area contributed by atoms with E-state index < -0.39 is 30.4 Å². The first-order valence-corrected chi connectivity index (χ1v) is 6.91. The minimum absolute atomic E-state index is 0.276. The van der Waals surface area contributed by atoms with Crippen LogP contribution in [0.3, 0.4) is 0 Å². The molecule has 0 bridgehead atoms. The van der Waals surface area contributed by atoms with Gasteiger partial charge < -0.3 is 14.2 Å². The number of rotatable bonds is 8. The van der Waals surface area contributed by atoms with Gasteiger partial charge in [-0.2, -0.15) is 0 Å². The van der Waals surface area contributed by atoms with Crippen LogP contribution in [0, 0.1) is 0 Å². The highest BCUT2D eigenvalue weighted by molar-refractivity contribution is 5.70. The van der Waals surface area contributed by atoms with Crippen LogP contribution in [0.5, 0.6) is 0 Å². The minimum atomic E-state index is -0.703. The summed E-state index contributed by atoms with van der Waals surface area (Å²) in [5.74, 6) is -0.827. The summed E-state index contributed by atoms with van der Waals surface area (Å²) in [6.07, 6.45) is 4.02. The molecular formula is C16H22O5. The first-order valence-electron chi connectivity index (χ1n) is 6.91. The fourth-order valence-corrected chi connectivity index (χ4v) is 2.15. The van der Waals surface area contributed by atoms with Crippen molar-refractivity contribution in [3.05, 3.63) is 38.0 Å². The first kappa shape index (κ1) is 17.2. The average molecular weight is 294 g/mol. The normalized spacial score (nSPS) is 27.7. The Balaban J connectivity index is 2.74. The molecule has 0 aliphatic carbocycles. The van der Waals surface area contributed by atoms with Gasteiger partial charge in [0.15, 0.2) is 12.2 Å². The lowest BCUT2D eigenvalue weighted by Crippen LogP contribution is -2.39. The maximum Gasteiger partial charge on any atom is 0.306 e. The van der Waals surface area contributed by atoms with E-state index in [4.69, 9.17) is 14.2 Å². The van der Waals surface area contributed by atoms with Gasteiger partial charge in [-0.25, -0.2) is 0 Å². The molecular weight excluding hydrogens is 272 g/mol. The predicted octanol–water partition coefficient (Wildman–Crippen LogP) is 2.33. The van der Waals surface area contributed by atoms with Crippen LogP contribution in [-0.2, 0) is 23.8 Å². The number of carbonyl (C=O) groups is 2. The standard InChI is InChI=1S/C16H22O5/c1-5-8-9-10-14(18)21-16-13(7-3)20-12(6-2)15(16)19-11(4)17/h5-7,12-13,15-16H,1-3,8-10H2,4H3/t12-,13+,15+,16-/m0/s1. The van der Waals surface area contributed by atoms with Crippen LogP contribution >= 0.6 is 0 Å². The summed E-state index contributed by atoms with van der Waals surface area (Å²) < 4.78 is 16.2. The van der Waals surface area contributed by atoms with Crippen LogP contribution in [0.15, 0.2) is 38.0 Å². The number of allylic oxidation sites excluding steroid dienone is 1. The summed E-state index contributed by atoms with van der Waals surface area (Å²) >= 11 is 0. The van der Waals surface area contributed by atoms with Gasteiger partial charge >= 0.3 is 11.9 Å². The Hall–Kier alpha value is -1.88. The second-order valence-electron chi connectivity index (χ2n) is 4.75. The summed E-state index contributed by atoms with van der Waals surface area (Å²) in [4.78, 5) is 23.1. The molecule has 1 rings (SSSR count). The van der Waals surface area contributed by atoms with E-state index in [-0.39, 0.29) is 12.4 Å². The van der Waals surface area contributed by atoms with E-state index >= 15 is 0 Å². The quantitative estimate of drug-likeness (QED) is 0.390. The molecule has 0 amide bonds. The molecule has 5 nitrogen and oxygen atoms in total. The molecule has 0 radical (unpaired) electrons. The zero-order chi connectivity index (χ0) is 15.8. The van der Waals surface area contributed by atoms with Crippen LogP contribution in [-0.4, -0.2) is 36.4 Å². The summed E-state index contributed by atoms with van der Waals surface area (Å²) in [5.41, 5.74) is 0. The molecule has 116 valence electrons. The maximum absolute atomic E-state index is 11.8. The van der Waals surface area contributed by atoms with Gasteiger partial charge in [-0.3, -0.25) is 9.59 Å². The third-order valence-corrected chi connectivity index (χ3v) is 3.11. The smallest absolute Gasteiger partial charge is 0.306 e. The molecule has 4 atom stereocenters. The van der Waals surface area contributed by atoms with Crippen LogP contribution in [0.4, 0.5) is 0 Å². The van der Waals surface area contributed by atoms with Crippen molar-refractivity contribution in [3.8, 4) is 0 Å². The van der Waals surface area contributed by atoms with Crippen LogP contribution in [0.2, 0.25) is 0 Å². The van der Waals surface area contributed by atoms with Crippen molar-refractivity contribution in [2.24, 2.45) is 0 Å². The molecule has 5 heteroatoms. The Labute approximate surface area is 125 Å². The molecule has 1 aliphatic heterocycles. The molecule has 0 aromatic carbocycles. The molecule has 1 aliphatic rings. The summed E-state index contributed by atoms with van der Waals surface area (Å²) in [6.45, 7) is 12.2.